The second-order valence-corrected chi connectivity index (χ2v) is 5.83. The standard InChI is InChI=1S/C18H16ClFN2O4/c1-10(17(24)22-16-7-6-13(20)9-15(16)19)26-18(25)12-4-3-5-14(8-12)21-11(2)23/h3-10H,1-2H3,(H,21,23)(H,22,24). The Bertz CT molecular complexity index is 857. The zero-order valence-corrected chi connectivity index (χ0v) is 14.8. The van der Waals surface area contributed by atoms with Crippen LogP contribution in [0.2, 0.25) is 5.02 Å². The molecule has 2 aromatic carbocycles. The minimum atomic E-state index is -1.12. The van der Waals surface area contributed by atoms with Crippen LogP contribution in [-0.4, -0.2) is 23.9 Å². The van der Waals surface area contributed by atoms with Crippen LogP contribution in [0.5, 0.6) is 0 Å². The summed E-state index contributed by atoms with van der Waals surface area (Å²) < 4.78 is 18.1. The predicted octanol–water partition coefficient (Wildman–Crippen LogP) is 3.62. The molecule has 2 aromatic rings. The fraction of sp³-hybridized carbons (Fsp3) is 0.167. The molecule has 2 rings (SSSR count). The van der Waals surface area contributed by atoms with E-state index in [9.17, 15) is 18.8 Å². The van der Waals surface area contributed by atoms with Crippen LogP contribution in [-0.2, 0) is 14.3 Å². The number of nitrogens with one attached hydrogen (secondary N) is 2. The van der Waals surface area contributed by atoms with Crippen LogP contribution in [0.4, 0.5) is 15.8 Å². The van der Waals surface area contributed by atoms with Crippen LogP contribution < -0.4 is 10.6 Å². The minimum Gasteiger partial charge on any atom is -0.449 e. The maximum atomic E-state index is 13.0. The van der Waals surface area contributed by atoms with Crippen LogP contribution in [0.15, 0.2) is 42.5 Å². The number of ether oxygens (including phenoxy) is 1. The first-order chi connectivity index (χ1) is 12.3. The van der Waals surface area contributed by atoms with E-state index in [1.54, 1.807) is 12.1 Å². The van der Waals surface area contributed by atoms with Gasteiger partial charge in [-0.15, -0.1) is 0 Å². The minimum absolute atomic E-state index is 0.0277. The van der Waals surface area contributed by atoms with E-state index < -0.39 is 23.8 Å². The van der Waals surface area contributed by atoms with Gasteiger partial charge in [-0.2, -0.15) is 0 Å². The highest BCUT2D eigenvalue weighted by molar-refractivity contribution is 6.33. The molecule has 0 spiro atoms. The molecule has 0 saturated heterocycles. The van der Waals surface area contributed by atoms with Gasteiger partial charge in [0, 0.05) is 12.6 Å². The van der Waals surface area contributed by atoms with E-state index in [0.717, 1.165) is 12.1 Å². The Labute approximate surface area is 154 Å². The predicted molar refractivity (Wildman–Crippen MR) is 95.7 cm³/mol. The van der Waals surface area contributed by atoms with Crippen molar-refractivity contribution in [3.8, 4) is 0 Å². The molecule has 26 heavy (non-hydrogen) atoms. The topological polar surface area (TPSA) is 84.5 Å². The summed E-state index contributed by atoms with van der Waals surface area (Å²) in [6.45, 7) is 2.74. The molecule has 0 aliphatic carbocycles. The highest BCUT2D eigenvalue weighted by atomic mass is 35.5. The summed E-state index contributed by atoms with van der Waals surface area (Å²) in [5.41, 5.74) is 0.812. The molecule has 0 saturated carbocycles. The summed E-state index contributed by atoms with van der Waals surface area (Å²) in [5, 5.41) is 5.04. The Balaban J connectivity index is 2.01. The van der Waals surface area contributed by atoms with Gasteiger partial charge in [0.25, 0.3) is 5.91 Å². The van der Waals surface area contributed by atoms with Gasteiger partial charge in [-0.05, 0) is 43.3 Å². The SMILES string of the molecule is CC(=O)Nc1cccc(C(=O)OC(C)C(=O)Nc2ccc(F)cc2Cl)c1. The molecular weight excluding hydrogens is 363 g/mol. The molecule has 0 fully saturated rings. The number of rotatable bonds is 5. The second kappa shape index (κ2) is 8.44. The van der Waals surface area contributed by atoms with Crippen molar-refractivity contribution in [1.29, 1.82) is 0 Å². The van der Waals surface area contributed by atoms with Crippen LogP contribution >= 0.6 is 11.6 Å². The molecule has 0 aliphatic rings. The number of hydrogen-bond donors (Lipinski definition) is 2. The number of anilines is 2. The van der Waals surface area contributed by atoms with Crippen molar-refractivity contribution in [2.45, 2.75) is 20.0 Å². The Hall–Kier alpha value is -2.93. The van der Waals surface area contributed by atoms with Gasteiger partial charge in [-0.25, -0.2) is 9.18 Å². The fourth-order valence-corrected chi connectivity index (χ4v) is 2.25. The molecule has 1 unspecified atom stereocenters. The van der Waals surface area contributed by atoms with E-state index in [1.165, 1.54) is 32.0 Å². The van der Waals surface area contributed by atoms with Gasteiger partial charge in [-0.1, -0.05) is 17.7 Å². The lowest BCUT2D eigenvalue weighted by Crippen LogP contribution is -2.30. The molecule has 2 N–H and O–H groups in total. The van der Waals surface area contributed by atoms with Gasteiger partial charge in [0.15, 0.2) is 6.10 Å². The van der Waals surface area contributed by atoms with E-state index >= 15 is 0 Å². The molecular formula is C18H16ClFN2O4. The van der Waals surface area contributed by atoms with E-state index in [0.29, 0.717) is 5.69 Å². The molecule has 0 bridgehead atoms. The summed E-state index contributed by atoms with van der Waals surface area (Å²) in [7, 11) is 0. The molecule has 0 aliphatic heterocycles. The third kappa shape index (κ3) is 5.29. The lowest BCUT2D eigenvalue weighted by molar-refractivity contribution is -0.123. The maximum Gasteiger partial charge on any atom is 0.338 e. The molecule has 6 nitrogen and oxygen atoms in total. The van der Waals surface area contributed by atoms with Crippen molar-refractivity contribution >= 4 is 40.8 Å². The second-order valence-electron chi connectivity index (χ2n) is 5.42. The first-order valence-corrected chi connectivity index (χ1v) is 7.98. The monoisotopic (exact) mass is 378 g/mol. The van der Waals surface area contributed by atoms with Gasteiger partial charge in [0.05, 0.1) is 16.3 Å². The van der Waals surface area contributed by atoms with Gasteiger partial charge in [0.2, 0.25) is 5.91 Å². The van der Waals surface area contributed by atoms with Crippen LogP contribution in [0, 0.1) is 5.82 Å². The number of amides is 2. The Morgan fingerprint density at radius 1 is 1.12 bits per heavy atom. The Kier molecular flexibility index (Phi) is 6.30. The number of hydrogen-bond acceptors (Lipinski definition) is 4. The molecule has 136 valence electrons. The number of carbonyl (C=O) groups excluding carboxylic acids is 3. The first-order valence-electron chi connectivity index (χ1n) is 7.61. The third-order valence-electron chi connectivity index (χ3n) is 3.26. The first kappa shape index (κ1) is 19.4. The lowest BCUT2D eigenvalue weighted by Gasteiger charge is -2.14. The highest BCUT2D eigenvalue weighted by Crippen LogP contribution is 2.22. The van der Waals surface area contributed by atoms with Crippen LogP contribution in [0.3, 0.4) is 0 Å². The zero-order valence-electron chi connectivity index (χ0n) is 14.0. The van der Waals surface area contributed by atoms with Crippen molar-refractivity contribution in [3.05, 3.63) is 58.9 Å². The summed E-state index contributed by atoms with van der Waals surface area (Å²) in [4.78, 5) is 35.4. The van der Waals surface area contributed by atoms with Crippen LogP contribution in [0.25, 0.3) is 0 Å². The summed E-state index contributed by atoms with van der Waals surface area (Å²) in [6, 6.07) is 9.63. The van der Waals surface area contributed by atoms with Gasteiger partial charge < -0.3 is 15.4 Å². The number of carbonyl (C=O) groups is 3. The van der Waals surface area contributed by atoms with Crippen molar-refractivity contribution < 1.29 is 23.5 Å². The van der Waals surface area contributed by atoms with Crippen molar-refractivity contribution in [2.24, 2.45) is 0 Å². The lowest BCUT2D eigenvalue weighted by atomic mass is 10.2. The summed E-state index contributed by atoms with van der Waals surface area (Å²) in [6.07, 6.45) is -1.12. The van der Waals surface area contributed by atoms with Gasteiger partial charge in [0.1, 0.15) is 5.82 Å². The molecule has 0 aromatic heterocycles. The average molecular weight is 379 g/mol. The van der Waals surface area contributed by atoms with Gasteiger partial charge >= 0.3 is 5.97 Å². The number of esters is 1. The summed E-state index contributed by atoms with van der Waals surface area (Å²) >= 11 is 5.84. The third-order valence-corrected chi connectivity index (χ3v) is 3.57. The quantitative estimate of drug-likeness (QED) is 0.778. The van der Waals surface area contributed by atoms with Crippen molar-refractivity contribution in [1.82, 2.24) is 0 Å². The Morgan fingerprint density at radius 2 is 1.85 bits per heavy atom. The zero-order chi connectivity index (χ0) is 19.3. The highest BCUT2D eigenvalue weighted by Gasteiger charge is 2.20. The normalized spacial score (nSPS) is 11.4. The van der Waals surface area contributed by atoms with E-state index in [1.807, 2.05) is 0 Å². The smallest absolute Gasteiger partial charge is 0.338 e. The summed E-state index contributed by atoms with van der Waals surface area (Å²) in [5.74, 6) is -2.17. The van der Waals surface area contributed by atoms with E-state index in [2.05, 4.69) is 10.6 Å². The van der Waals surface area contributed by atoms with Crippen molar-refractivity contribution in [3.63, 3.8) is 0 Å². The Morgan fingerprint density at radius 3 is 2.50 bits per heavy atom. The molecule has 2 amide bonds. The molecule has 1 atom stereocenters. The molecule has 0 heterocycles. The number of halogens is 2. The molecule has 8 heteroatoms. The van der Waals surface area contributed by atoms with Gasteiger partial charge in [-0.3, -0.25) is 9.59 Å². The van der Waals surface area contributed by atoms with E-state index in [-0.39, 0.29) is 22.2 Å². The average Bonchev–Trinajstić information content (AvgIpc) is 2.56. The van der Waals surface area contributed by atoms with Crippen LogP contribution in [0.1, 0.15) is 24.2 Å². The number of benzene rings is 2. The fourth-order valence-electron chi connectivity index (χ4n) is 2.03. The molecule has 0 radical (unpaired) electrons. The van der Waals surface area contributed by atoms with E-state index in [4.69, 9.17) is 16.3 Å². The van der Waals surface area contributed by atoms with Crippen molar-refractivity contribution in [2.75, 3.05) is 10.6 Å². The largest absolute Gasteiger partial charge is 0.449 e. The maximum absolute atomic E-state index is 13.0.